The van der Waals surface area contributed by atoms with Crippen LogP contribution in [0, 0.1) is 11.8 Å². The Bertz CT molecular complexity index is 520. The van der Waals surface area contributed by atoms with Gasteiger partial charge >= 0.3 is 0 Å². The normalized spacial score (nSPS) is 11.3. The Kier molecular flexibility index (Phi) is 6.79. The number of nitrogens with two attached hydrogens (primary N) is 1. The summed E-state index contributed by atoms with van der Waals surface area (Å²) in [5.74, 6) is 5.91. The molecule has 1 aromatic rings. The van der Waals surface area contributed by atoms with Crippen molar-refractivity contribution in [2.75, 3.05) is 25.1 Å². The van der Waals surface area contributed by atoms with Crippen LogP contribution in [0.2, 0.25) is 0 Å². The van der Waals surface area contributed by atoms with Crippen LogP contribution in [0.25, 0.3) is 0 Å². The number of nitrogens with one attached hydrogen (secondary N) is 1. The molecule has 0 saturated heterocycles. The van der Waals surface area contributed by atoms with E-state index in [1.165, 1.54) is 6.20 Å². The molecule has 0 radical (unpaired) electrons. The first-order valence-electron chi connectivity index (χ1n) is 5.85. The minimum Gasteiger partial charge on any atom is -0.352 e. The highest BCUT2D eigenvalue weighted by atomic mass is 32.2. The van der Waals surface area contributed by atoms with E-state index >= 15 is 0 Å². The Morgan fingerprint density at radius 2 is 2.32 bits per heavy atom. The van der Waals surface area contributed by atoms with Crippen molar-refractivity contribution >= 4 is 16.7 Å². The first kappa shape index (κ1) is 15.3. The lowest BCUT2D eigenvalue weighted by Gasteiger charge is -2.04. The molecule has 1 amide bonds. The Morgan fingerprint density at radius 3 is 3.00 bits per heavy atom. The van der Waals surface area contributed by atoms with Gasteiger partial charge in [0.1, 0.15) is 0 Å². The van der Waals surface area contributed by atoms with E-state index in [0.29, 0.717) is 29.8 Å². The van der Waals surface area contributed by atoms with Crippen LogP contribution in [0.1, 0.15) is 22.3 Å². The maximum absolute atomic E-state index is 11.8. The van der Waals surface area contributed by atoms with Crippen molar-refractivity contribution in [1.82, 2.24) is 10.3 Å². The van der Waals surface area contributed by atoms with Gasteiger partial charge in [-0.05, 0) is 12.5 Å². The highest BCUT2D eigenvalue weighted by Crippen LogP contribution is 2.01. The molecule has 102 valence electrons. The second-order valence-corrected chi connectivity index (χ2v) is 5.41. The van der Waals surface area contributed by atoms with E-state index in [1.54, 1.807) is 18.5 Å². The molecule has 5 nitrogen and oxygen atoms in total. The lowest BCUT2D eigenvalue weighted by atomic mass is 10.2. The minimum atomic E-state index is -0.826. The number of hydrogen-bond donors (Lipinski definition) is 2. The molecule has 1 unspecified atom stereocenters. The largest absolute Gasteiger partial charge is 0.352 e. The van der Waals surface area contributed by atoms with Gasteiger partial charge in [0.2, 0.25) is 0 Å². The molecule has 0 aromatic carbocycles. The van der Waals surface area contributed by atoms with Crippen molar-refractivity contribution in [3.63, 3.8) is 0 Å². The topological polar surface area (TPSA) is 85.1 Å². The van der Waals surface area contributed by atoms with Gasteiger partial charge in [-0.15, -0.1) is 0 Å². The molecule has 1 heterocycles. The summed E-state index contributed by atoms with van der Waals surface area (Å²) in [6, 6.07) is 1.67. The lowest BCUT2D eigenvalue weighted by molar-refractivity contribution is 0.0953. The molecule has 19 heavy (non-hydrogen) atoms. The van der Waals surface area contributed by atoms with Crippen LogP contribution in [0.4, 0.5) is 0 Å². The van der Waals surface area contributed by atoms with E-state index in [-0.39, 0.29) is 12.5 Å². The van der Waals surface area contributed by atoms with Crippen LogP contribution in [0.5, 0.6) is 0 Å². The molecular formula is C13H17N3O2S. The Morgan fingerprint density at radius 1 is 1.53 bits per heavy atom. The van der Waals surface area contributed by atoms with Crippen LogP contribution in [0.3, 0.4) is 0 Å². The van der Waals surface area contributed by atoms with Crippen molar-refractivity contribution in [3.05, 3.63) is 29.6 Å². The van der Waals surface area contributed by atoms with Gasteiger partial charge in [-0.1, -0.05) is 11.8 Å². The summed E-state index contributed by atoms with van der Waals surface area (Å²) in [6.45, 7) is 0.766. The average Bonchev–Trinajstić information content (AvgIpc) is 2.41. The maximum Gasteiger partial charge on any atom is 0.252 e. The molecule has 0 aliphatic heterocycles. The second kappa shape index (κ2) is 8.40. The highest BCUT2D eigenvalue weighted by molar-refractivity contribution is 7.84. The summed E-state index contributed by atoms with van der Waals surface area (Å²) in [5.41, 5.74) is 6.40. The molecule has 1 rings (SSSR count). The lowest BCUT2D eigenvalue weighted by Crippen LogP contribution is -2.25. The smallest absolute Gasteiger partial charge is 0.252 e. The van der Waals surface area contributed by atoms with Crippen molar-refractivity contribution in [2.45, 2.75) is 6.42 Å². The molecule has 0 saturated carbocycles. The molecule has 0 aliphatic carbocycles. The van der Waals surface area contributed by atoms with Gasteiger partial charge in [0, 0.05) is 47.3 Å². The number of aromatic nitrogens is 1. The van der Waals surface area contributed by atoms with Gasteiger partial charge in [-0.3, -0.25) is 14.0 Å². The SMILES string of the molecule is CS(=O)CCCNC(=O)c1cncc(C#CCN)c1. The number of rotatable bonds is 5. The third-order valence-electron chi connectivity index (χ3n) is 2.23. The quantitative estimate of drug-likeness (QED) is 0.582. The van der Waals surface area contributed by atoms with Gasteiger partial charge in [0.05, 0.1) is 12.1 Å². The number of carbonyl (C=O) groups is 1. The summed E-state index contributed by atoms with van der Waals surface area (Å²) in [7, 11) is -0.826. The zero-order valence-corrected chi connectivity index (χ0v) is 11.6. The summed E-state index contributed by atoms with van der Waals surface area (Å²) >= 11 is 0. The Balaban J connectivity index is 2.54. The van der Waals surface area contributed by atoms with Crippen LogP contribution < -0.4 is 11.1 Å². The van der Waals surface area contributed by atoms with E-state index in [1.807, 2.05) is 0 Å². The third-order valence-corrected chi connectivity index (χ3v) is 3.09. The van der Waals surface area contributed by atoms with Crippen molar-refractivity contribution in [2.24, 2.45) is 5.73 Å². The summed E-state index contributed by atoms with van der Waals surface area (Å²) in [4.78, 5) is 15.8. The molecule has 0 aliphatic rings. The Labute approximate surface area is 115 Å². The number of carbonyl (C=O) groups excluding carboxylic acids is 1. The molecule has 3 N–H and O–H groups in total. The second-order valence-electron chi connectivity index (χ2n) is 3.85. The predicted molar refractivity (Wildman–Crippen MR) is 76.1 cm³/mol. The first-order valence-corrected chi connectivity index (χ1v) is 7.58. The number of nitrogens with zero attached hydrogens (tertiary/aromatic N) is 1. The van der Waals surface area contributed by atoms with Gasteiger partial charge in [0.15, 0.2) is 0 Å². The highest BCUT2D eigenvalue weighted by Gasteiger charge is 2.05. The van der Waals surface area contributed by atoms with Crippen molar-refractivity contribution < 1.29 is 9.00 Å². The molecule has 1 atom stereocenters. The molecule has 0 fully saturated rings. The summed E-state index contributed by atoms with van der Waals surface area (Å²) in [6.07, 6.45) is 5.40. The molecule has 0 spiro atoms. The molecule has 1 aromatic heterocycles. The van der Waals surface area contributed by atoms with Crippen LogP contribution in [-0.2, 0) is 10.8 Å². The van der Waals surface area contributed by atoms with Gasteiger partial charge in [-0.25, -0.2) is 0 Å². The summed E-state index contributed by atoms with van der Waals surface area (Å²) in [5, 5.41) is 2.75. The van der Waals surface area contributed by atoms with Gasteiger partial charge < -0.3 is 11.1 Å². The fourth-order valence-corrected chi connectivity index (χ4v) is 1.92. The fraction of sp³-hybridized carbons (Fsp3) is 0.385. The van der Waals surface area contributed by atoms with E-state index in [2.05, 4.69) is 22.1 Å². The zero-order valence-electron chi connectivity index (χ0n) is 10.8. The molecular weight excluding hydrogens is 262 g/mol. The minimum absolute atomic E-state index is 0.203. The zero-order chi connectivity index (χ0) is 14.1. The number of amides is 1. The van der Waals surface area contributed by atoms with E-state index < -0.39 is 10.8 Å². The van der Waals surface area contributed by atoms with Crippen LogP contribution in [-0.4, -0.2) is 40.2 Å². The maximum atomic E-state index is 11.8. The standard InChI is InChI=1S/C13H17N3O2S/c1-19(18)7-3-6-16-13(17)12-8-11(4-2-5-14)9-15-10-12/h8-10H,3,5-7,14H2,1H3,(H,16,17). The van der Waals surface area contributed by atoms with Crippen LogP contribution in [0.15, 0.2) is 18.5 Å². The van der Waals surface area contributed by atoms with E-state index in [4.69, 9.17) is 5.73 Å². The fourth-order valence-electron chi connectivity index (χ4n) is 1.36. The average molecular weight is 279 g/mol. The van der Waals surface area contributed by atoms with Gasteiger partial charge in [-0.2, -0.15) is 0 Å². The number of pyridine rings is 1. The first-order chi connectivity index (χ1) is 9.13. The van der Waals surface area contributed by atoms with E-state index in [0.717, 1.165) is 0 Å². The third kappa shape index (κ3) is 6.13. The van der Waals surface area contributed by atoms with E-state index in [9.17, 15) is 9.00 Å². The van der Waals surface area contributed by atoms with Gasteiger partial charge in [0.25, 0.3) is 5.91 Å². The number of hydrogen-bond acceptors (Lipinski definition) is 4. The summed E-state index contributed by atoms with van der Waals surface area (Å²) < 4.78 is 10.9. The van der Waals surface area contributed by atoms with Crippen LogP contribution >= 0.6 is 0 Å². The predicted octanol–water partition coefficient (Wildman–Crippen LogP) is -0.110. The van der Waals surface area contributed by atoms with Crippen molar-refractivity contribution in [3.8, 4) is 11.8 Å². The molecule has 6 heteroatoms. The monoisotopic (exact) mass is 279 g/mol. The van der Waals surface area contributed by atoms with Crippen molar-refractivity contribution in [1.29, 1.82) is 0 Å². The Hall–Kier alpha value is -1.71. The molecule has 0 bridgehead atoms.